The van der Waals surface area contributed by atoms with E-state index in [1.54, 1.807) is 19.2 Å². The molecule has 1 aromatic carbocycles. The number of hydrogen-bond donors (Lipinski definition) is 1. The van der Waals surface area contributed by atoms with E-state index in [2.05, 4.69) is 5.32 Å². The lowest BCUT2D eigenvalue weighted by molar-refractivity contribution is -0.0328. The van der Waals surface area contributed by atoms with Crippen LogP contribution < -0.4 is 5.32 Å². The molecule has 0 heterocycles. The van der Waals surface area contributed by atoms with Crippen molar-refractivity contribution in [2.24, 2.45) is 0 Å². The monoisotopic (exact) mass is 257 g/mol. The van der Waals surface area contributed by atoms with E-state index < -0.39 is 5.51 Å². The van der Waals surface area contributed by atoms with Gasteiger partial charge in [-0.05, 0) is 36.5 Å². The third kappa shape index (κ3) is 5.92. The molecule has 1 nitrogen and oxygen atoms in total. The maximum absolute atomic E-state index is 11.9. The lowest BCUT2D eigenvalue weighted by Gasteiger charge is -2.06. The van der Waals surface area contributed by atoms with Crippen LogP contribution in [0.2, 0.25) is 0 Å². The van der Waals surface area contributed by atoms with Crippen molar-refractivity contribution in [1.29, 1.82) is 0 Å². The van der Waals surface area contributed by atoms with Crippen LogP contribution in [0.1, 0.15) is 5.56 Å². The van der Waals surface area contributed by atoms with Crippen LogP contribution in [-0.2, 0) is 6.54 Å². The van der Waals surface area contributed by atoms with E-state index in [0.717, 1.165) is 5.56 Å². The maximum atomic E-state index is 11.9. The molecule has 15 heavy (non-hydrogen) atoms. The lowest BCUT2D eigenvalue weighted by atomic mass is 10.2. The average Bonchev–Trinajstić information content (AvgIpc) is 2.06. The Morgan fingerprint density at radius 2 is 1.73 bits per heavy atom. The molecule has 0 saturated carbocycles. The number of thioether (sulfide) groups is 1. The van der Waals surface area contributed by atoms with Gasteiger partial charge in [-0.3, -0.25) is 0 Å². The number of nitrogens with one attached hydrogen (secondary N) is 1. The van der Waals surface area contributed by atoms with Gasteiger partial charge in [0.25, 0.3) is 0 Å². The van der Waals surface area contributed by atoms with Crippen molar-refractivity contribution in [2.45, 2.75) is 16.9 Å². The van der Waals surface area contributed by atoms with Crippen LogP contribution in [0.4, 0.5) is 13.2 Å². The molecule has 0 radical (unpaired) electrons. The Hall–Kier alpha value is -0.390. The first-order valence-corrected chi connectivity index (χ1v) is 4.82. The molecular weight excluding hydrogens is 247 g/mol. The molecule has 0 saturated heterocycles. The van der Waals surface area contributed by atoms with Crippen molar-refractivity contribution in [3.63, 3.8) is 0 Å². The summed E-state index contributed by atoms with van der Waals surface area (Å²) in [6, 6.07) is 6.32. The SMILES string of the molecule is CNCc1ccc(SC(F)(F)F)cc1.Cl. The highest BCUT2D eigenvalue weighted by Gasteiger charge is 2.28. The average molecular weight is 258 g/mol. The van der Waals surface area contributed by atoms with Gasteiger partial charge in [0, 0.05) is 11.4 Å². The van der Waals surface area contributed by atoms with E-state index in [1.807, 2.05) is 0 Å². The molecule has 0 spiro atoms. The zero-order chi connectivity index (χ0) is 10.6. The number of alkyl halides is 3. The number of benzene rings is 1. The second-order valence-corrected chi connectivity index (χ2v) is 3.86. The molecule has 0 aromatic heterocycles. The van der Waals surface area contributed by atoms with Crippen molar-refractivity contribution in [2.75, 3.05) is 7.05 Å². The quantitative estimate of drug-likeness (QED) is 0.833. The van der Waals surface area contributed by atoms with Gasteiger partial charge in [-0.15, -0.1) is 12.4 Å². The van der Waals surface area contributed by atoms with Crippen LogP contribution in [0.15, 0.2) is 29.2 Å². The summed E-state index contributed by atoms with van der Waals surface area (Å²) in [5, 5.41) is 2.92. The van der Waals surface area contributed by atoms with Gasteiger partial charge in [0.1, 0.15) is 0 Å². The molecule has 1 rings (SSSR count). The summed E-state index contributed by atoms with van der Waals surface area (Å²) in [6.45, 7) is 0.664. The molecule has 0 amide bonds. The Labute approximate surface area is 96.8 Å². The highest BCUT2D eigenvalue weighted by Crippen LogP contribution is 2.36. The first kappa shape index (κ1) is 14.6. The maximum Gasteiger partial charge on any atom is 0.446 e. The first-order chi connectivity index (χ1) is 6.51. The van der Waals surface area contributed by atoms with Gasteiger partial charge in [-0.2, -0.15) is 13.2 Å². The second kappa shape index (κ2) is 6.25. The van der Waals surface area contributed by atoms with Gasteiger partial charge < -0.3 is 5.32 Å². The van der Waals surface area contributed by atoms with Crippen LogP contribution in [0.3, 0.4) is 0 Å². The molecule has 0 bridgehead atoms. The number of rotatable bonds is 3. The predicted octanol–water partition coefficient (Wildman–Crippen LogP) is 3.44. The molecule has 0 atom stereocenters. The molecule has 0 fully saturated rings. The van der Waals surface area contributed by atoms with Crippen LogP contribution in [0.25, 0.3) is 0 Å². The Bertz CT molecular complexity index is 286. The third-order valence-corrected chi connectivity index (χ3v) is 2.28. The molecule has 1 aromatic rings. The van der Waals surface area contributed by atoms with Crippen molar-refractivity contribution in [3.05, 3.63) is 29.8 Å². The van der Waals surface area contributed by atoms with E-state index in [0.29, 0.717) is 6.54 Å². The molecule has 0 aliphatic heterocycles. The lowest BCUT2D eigenvalue weighted by Crippen LogP contribution is -2.04. The number of hydrogen-bond acceptors (Lipinski definition) is 2. The normalized spacial score (nSPS) is 10.9. The Balaban J connectivity index is 0.00000196. The summed E-state index contributed by atoms with van der Waals surface area (Å²) in [5.74, 6) is 0. The van der Waals surface area contributed by atoms with Gasteiger partial charge in [-0.1, -0.05) is 12.1 Å². The molecule has 6 heteroatoms. The fourth-order valence-electron chi connectivity index (χ4n) is 1.01. The van der Waals surface area contributed by atoms with Crippen molar-refractivity contribution < 1.29 is 13.2 Å². The van der Waals surface area contributed by atoms with Crippen molar-refractivity contribution in [3.8, 4) is 0 Å². The van der Waals surface area contributed by atoms with Crippen molar-refractivity contribution in [1.82, 2.24) is 5.32 Å². The van der Waals surface area contributed by atoms with Crippen LogP contribution in [0, 0.1) is 0 Å². The molecule has 0 unspecified atom stereocenters. The van der Waals surface area contributed by atoms with E-state index >= 15 is 0 Å². The Morgan fingerprint density at radius 3 is 2.13 bits per heavy atom. The van der Waals surface area contributed by atoms with Gasteiger partial charge in [0.05, 0.1) is 0 Å². The summed E-state index contributed by atoms with van der Waals surface area (Å²) in [6.07, 6.45) is 0. The zero-order valence-electron chi connectivity index (χ0n) is 7.97. The summed E-state index contributed by atoms with van der Waals surface area (Å²) >= 11 is -0.0929. The Morgan fingerprint density at radius 1 is 1.20 bits per heavy atom. The standard InChI is InChI=1S/C9H10F3NS.ClH/c1-13-6-7-2-4-8(5-3-7)14-9(10,11)12;/h2-5,13H,6H2,1H3;1H. The summed E-state index contributed by atoms with van der Waals surface area (Å²) < 4.78 is 35.8. The van der Waals surface area contributed by atoms with E-state index in [1.165, 1.54) is 12.1 Å². The fourth-order valence-corrected chi connectivity index (χ4v) is 1.55. The van der Waals surface area contributed by atoms with Crippen LogP contribution in [-0.4, -0.2) is 12.6 Å². The van der Waals surface area contributed by atoms with E-state index in [-0.39, 0.29) is 29.1 Å². The highest BCUT2D eigenvalue weighted by atomic mass is 35.5. The molecular formula is C9H11ClF3NS. The molecule has 0 aliphatic carbocycles. The zero-order valence-corrected chi connectivity index (χ0v) is 9.60. The van der Waals surface area contributed by atoms with E-state index in [9.17, 15) is 13.2 Å². The molecule has 86 valence electrons. The minimum Gasteiger partial charge on any atom is -0.316 e. The van der Waals surface area contributed by atoms with Crippen molar-refractivity contribution >= 4 is 24.2 Å². The predicted molar refractivity (Wildman–Crippen MR) is 58.4 cm³/mol. The summed E-state index contributed by atoms with van der Waals surface area (Å²) in [5.41, 5.74) is -3.23. The fraction of sp³-hybridized carbons (Fsp3) is 0.333. The Kier molecular flexibility index (Phi) is 6.09. The second-order valence-electron chi connectivity index (χ2n) is 2.72. The smallest absolute Gasteiger partial charge is 0.316 e. The van der Waals surface area contributed by atoms with E-state index in [4.69, 9.17) is 0 Å². The summed E-state index contributed by atoms with van der Waals surface area (Å²) in [7, 11) is 1.79. The number of halogens is 4. The first-order valence-electron chi connectivity index (χ1n) is 4.00. The minimum absolute atomic E-state index is 0. The molecule has 0 aliphatic rings. The topological polar surface area (TPSA) is 12.0 Å². The minimum atomic E-state index is -4.20. The van der Waals surface area contributed by atoms with Crippen LogP contribution >= 0.6 is 24.2 Å². The van der Waals surface area contributed by atoms with Crippen LogP contribution in [0.5, 0.6) is 0 Å². The third-order valence-electron chi connectivity index (χ3n) is 1.54. The van der Waals surface area contributed by atoms with Gasteiger partial charge in [-0.25, -0.2) is 0 Å². The summed E-state index contributed by atoms with van der Waals surface area (Å²) in [4.78, 5) is 0.220. The van der Waals surface area contributed by atoms with Gasteiger partial charge in [0.2, 0.25) is 0 Å². The largest absolute Gasteiger partial charge is 0.446 e. The van der Waals surface area contributed by atoms with Gasteiger partial charge >= 0.3 is 5.51 Å². The van der Waals surface area contributed by atoms with Gasteiger partial charge in [0.15, 0.2) is 0 Å². The highest BCUT2D eigenvalue weighted by molar-refractivity contribution is 8.00. The molecule has 1 N–H and O–H groups in total.